The van der Waals surface area contributed by atoms with Crippen molar-refractivity contribution in [3.05, 3.63) is 89.2 Å². The summed E-state index contributed by atoms with van der Waals surface area (Å²) in [5.74, 6) is 1.04. The summed E-state index contributed by atoms with van der Waals surface area (Å²) in [5, 5.41) is 0. The lowest BCUT2D eigenvalue weighted by Crippen LogP contribution is -2.05. The van der Waals surface area contributed by atoms with Crippen molar-refractivity contribution in [1.29, 1.82) is 0 Å². The van der Waals surface area contributed by atoms with Crippen molar-refractivity contribution in [2.24, 2.45) is 0 Å². The van der Waals surface area contributed by atoms with Crippen LogP contribution in [-0.2, 0) is 13.2 Å². The minimum absolute atomic E-state index is 0.240. The highest BCUT2D eigenvalue weighted by Gasteiger charge is 2.06. The van der Waals surface area contributed by atoms with Crippen LogP contribution in [0.4, 0.5) is 0 Å². The Labute approximate surface area is 151 Å². The highest BCUT2D eigenvalue weighted by molar-refractivity contribution is 5.79. The number of para-hydroxylation sites is 2. The van der Waals surface area contributed by atoms with Crippen LogP contribution >= 0.6 is 0 Å². The van der Waals surface area contributed by atoms with E-state index in [2.05, 4.69) is 4.98 Å². The largest absolute Gasteiger partial charge is 0.487 e. The zero-order valence-electron chi connectivity index (χ0n) is 14.0. The van der Waals surface area contributed by atoms with Crippen LogP contribution < -0.4 is 9.47 Å². The number of benzene rings is 2. The Balaban J connectivity index is 1.64. The lowest BCUT2D eigenvalue weighted by Gasteiger charge is -2.10. The number of pyridine rings is 1. The van der Waals surface area contributed by atoms with Gasteiger partial charge in [0.05, 0.1) is 22.5 Å². The van der Waals surface area contributed by atoms with Crippen LogP contribution in [0.5, 0.6) is 11.5 Å². The normalized spacial score (nSPS) is 10.2. The molecule has 0 unspecified atom stereocenters. The molecule has 3 aromatic rings. The van der Waals surface area contributed by atoms with Gasteiger partial charge in [0.25, 0.3) is 0 Å². The summed E-state index contributed by atoms with van der Waals surface area (Å²) in [7, 11) is 0. The predicted molar refractivity (Wildman–Crippen MR) is 96.6 cm³/mol. The number of nitrogens with zero attached hydrogens (tertiary/aromatic N) is 1. The Morgan fingerprint density at radius 1 is 0.654 bits per heavy atom. The molecule has 26 heavy (non-hydrogen) atoms. The molecule has 130 valence electrons. The van der Waals surface area contributed by atoms with Gasteiger partial charge in [-0.2, -0.15) is 0 Å². The van der Waals surface area contributed by atoms with Crippen molar-refractivity contribution in [1.82, 2.24) is 4.98 Å². The average Bonchev–Trinajstić information content (AvgIpc) is 2.71. The van der Waals surface area contributed by atoms with Crippen LogP contribution in [-0.4, -0.2) is 17.6 Å². The van der Waals surface area contributed by atoms with E-state index in [1.807, 2.05) is 30.3 Å². The van der Waals surface area contributed by atoms with E-state index in [9.17, 15) is 9.59 Å². The zero-order valence-corrected chi connectivity index (χ0v) is 14.0. The molecule has 0 amide bonds. The predicted octanol–water partition coefficient (Wildman–Crippen LogP) is 3.86. The first-order chi connectivity index (χ1) is 12.8. The summed E-state index contributed by atoms with van der Waals surface area (Å²) in [5.41, 5.74) is 2.43. The lowest BCUT2D eigenvalue weighted by atomic mass is 10.2. The van der Waals surface area contributed by atoms with Gasteiger partial charge < -0.3 is 9.47 Å². The van der Waals surface area contributed by atoms with Gasteiger partial charge in [-0.15, -0.1) is 0 Å². The van der Waals surface area contributed by atoms with Crippen LogP contribution in [0.25, 0.3) is 0 Å². The van der Waals surface area contributed by atoms with E-state index in [1.54, 1.807) is 36.4 Å². The molecule has 3 rings (SSSR count). The van der Waals surface area contributed by atoms with Crippen molar-refractivity contribution >= 4 is 12.6 Å². The van der Waals surface area contributed by atoms with Crippen molar-refractivity contribution in [3.63, 3.8) is 0 Å². The third-order valence-electron chi connectivity index (χ3n) is 3.71. The van der Waals surface area contributed by atoms with E-state index in [1.165, 1.54) is 0 Å². The van der Waals surface area contributed by atoms with Gasteiger partial charge in [0.15, 0.2) is 12.6 Å². The number of aldehydes is 2. The number of hydrogen-bond donors (Lipinski definition) is 0. The van der Waals surface area contributed by atoms with Crippen LogP contribution in [0.1, 0.15) is 32.1 Å². The molecule has 0 fully saturated rings. The van der Waals surface area contributed by atoms with Gasteiger partial charge >= 0.3 is 0 Å². The fourth-order valence-corrected chi connectivity index (χ4v) is 2.41. The number of hydrogen-bond acceptors (Lipinski definition) is 5. The van der Waals surface area contributed by atoms with E-state index in [-0.39, 0.29) is 13.2 Å². The third-order valence-corrected chi connectivity index (χ3v) is 3.71. The Morgan fingerprint density at radius 3 is 1.58 bits per heavy atom. The van der Waals surface area contributed by atoms with E-state index < -0.39 is 0 Å². The number of carbonyl (C=O) groups is 2. The number of aromatic nitrogens is 1. The van der Waals surface area contributed by atoms with Crippen LogP contribution in [0, 0.1) is 0 Å². The molecule has 0 saturated carbocycles. The maximum Gasteiger partial charge on any atom is 0.153 e. The highest BCUT2D eigenvalue weighted by Crippen LogP contribution is 2.18. The van der Waals surface area contributed by atoms with E-state index in [0.29, 0.717) is 22.6 Å². The fraction of sp³-hybridized carbons (Fsp3) is 0.0952. The first kappa shape index (κ1) is 17.4. The zero-order chi connectivity index (χ0) is 18.2. The second-order valence-corrected chi connectivity index (χ2v) is 5.51. The number of rotatable bonds is 8. The summed E-state index contributed by atoms with van der Waals surface area (Å²) >= 11 is 0. The molecule has 0 aliphatic carbocycles. The van der Waals surface area contributed by atoms with Crippen molar-refractivity contribution < 1.29 is 19.1 Å². The molecule has 5 heteroatoms. The van der Waals surface area contributed by atoms with Crippen molar-refractivity contribution in [2.45, 2.75) is 13.2 Å². The maximum atomic E-state index is 11.0. The van der Waals surface area contributed by atoms with Crippen molar-refractivity contribution in [2.75, 3.05) is 0 Å². The second-order valence-electron chi connectivity index (χ2n) is 5.51. The van der Waals surface area contributed by atoms with Crippen LogP contribution in [0.2, 0.25) is 0 Å². The SMILES string of the molecule is O=Cc1ccccc1OCc1cccc(COc2ccccc2C=O)n1. The average molecular weight is 347 g/mol. The van der Waals surface area contributed by atoms with Crippen molar-refractivity contribution in [3.8, 4) is 11.5 Å². The first-order valence-electron chi connectivity index (χ1n) is 8.09. The molecule has 0 spiro atoms. The Hall–Kier alpha value is -3.47. The molecule has 0 radical (unpaired) electrons. The molecule has 1 aromatic heterocycles. The molecule has 0 bridgehead atoms. The lowest BCUT2D eigenvalue weighted by molar-refractivity contribution is 0.111. The van der Waals surface area contributed by atoms with Crippen LogP contribution in [0.15, 0.2) is 66.7 Å². The molecule has 2 aromatic carbocycles. The Kier molecular flexibility index (Phi) is 5.72. The Bertz CT molecular complexity index is 837. The quantitative estimate of drug-likeness (QED) is 0.579. The number of ether oxygens (including phenoxy) is 2. The summed E-state index contributed by atoms with van der Waals surface area (Å²) < 4.78 is 11.4. The van der Waals surface area contributed by atoms with E-state index >= 15 is 0 Å². The van der Waals surface area contributed by atoms with Gasteiger partial charge in [-0.1, -0.05) is 30.3 Å². The molecular formula is C21H17NO4. The summed E-state index contributed by atoms with van der Waals surface area (Å²) in [6, 6.07) is 19.6. The molecule has 0 aliphatic heterocycles. The Morgan fingerprint density at radius 2 is 1.12 bits per heavy atom. The summed E-state index contributed by atoms with van der Waals surface area (Å²) in [6.07, 6.45) is 1.52. The van der Waals surface area contributed by atoms with E-state index in [4.69, 9.17) is 9.47 Å². The fourth-order valence-electron chi connectivity index (χ4n) is 2.41. The monoisotopic (exact) mass is 347 g/mol. The maximum absolute atomic E-state index is 11.0. The van der Waals surface area contributed by atoms with E-state index in [0.717, 1.165) is 24.0 Å². The molecule has 0 saturated heterocycles. The molecular weight excluding hydrogens is 330 g/mol. The molecule has 0 N–H and O–H groups in total. The minimum atomic E-state index is 0.240. The van der Waals surface area contributed by atoms with Gasteiger partial charge in [0.2, 0.25) is 0 Å². The smallest absolute Gasteiger partial charge is 0.153 e. The minimum Gasteiger partial charge on any atom is -0.487 e. The van der Waals surface area contributed by atoms with Gasteiger partial charge in [0, 0.05) is 0 Å². The molecule has 0 aliphatic rings. The first-order valence-corrected chi connectivity index (χ1v) is 8.09. The molecule has 5 nitrogen and oxygen atoms in total. The standard InChI is InChI=1S/C21H17NO4/c23-12-16-6-1-3-10-20(16)25-14-18-8-5-9-19(22-18)15-26-21-11-4-2-7-17(21)13-24/h1-13H,14-15H2. The van der Waals surface area contributed by atoms with Gasteiger partial charge in [0.1, 0.15) is 24.7 Å². The van der Waals surface area contributed by atoms with Gasteiger partial charge in [-0.05, 0) is 36.4 Å². The number of carbonyl (C=O) groups excluding carboxylic acids is 2. The second kappa shape index (κ2) is 8.58. The molecule has 0 atom stereocenters. The molecule has 1 heterocycles. The third kappa shape index (κ3) is 4.33. The summed E-state index contributed by atoms with van der Waals surface area (Å²) in [6.45, 7) is 0.479. The highest BCUT2D eigenvalue weighted by atomic mass is 16.5. The van der Waals surface area contributed by atoms with Gasteiger partial charge in [-0.3, -0.25) is 14.6 Å². The van der Waals surface area contributed by atoms with Crippen LogP contribution in [0.3, 0.4) is 0 Å². The summed E-state index contributed by atoms with van der Waals surface area (Å²) in [4.78, 5) is 26.5. The van der Waals surface area contributed by atoms with Gasteiger partial charge in [-0.25, -0.2) is 0 Å². The topological polar surface area (TPSA) is 65.5 Å².